The van der Waals surface area contributed by atoms with Crippen molar-refractivity contribution in [2.45, 2.75) is 32.1 Å². The number of cyclic esters (lactones) is 1. The van der Waals surface area contributed by atoms with Crippen LogP contribution in [0.25, 0.3) is 22.3 Å². The maximum absolute atomic E-state index is 13.7. The highest BCUT2D eigenvalue weighted by Crippen LogP contribution is 2.41. The Balaban J connectivity index is 0.723. The summed E-state index contributed by atoms with van der Waals surface area (Å²) in [6.07, 6.45) is -1.07. The number of nitrogens with zero attached hydrogens (tertiary/aromatic N) is 2. The van der Waals surface area contributed by atoms with Crippen LogP contribution < -0.4 is 5.56 Å². The van der Waals surface area contributed by atoms with Gasteiger partial charge in [-0.2, -0.15) is 0 Å². The molecule has 75 heavy (non-hydrogen) atoms. The Kier molecular flexibility index (Phi) is 31.4. The molecule has 1 atom stereocenters. The van der Waals surface area contributed by atoms with Gasteiger partial charge in [0, 0.05) is 23.6 Å². The molecule has 3 aromatic rings. The Bertz CT molecular complexity index is 2090. The van der Waals surface area contributed by atoms with E-state index in [2.05, 4.69) is 0 Å². The van der Waals surface area contributed by atoms with Crippen molar-refractivity contribution in [2.75, 3.05) is 205 Å². The largest absolute Gasteiger partial charge is 0.509 e. The van der Waals surface area contributed by atoms with Crippen molar-refractivity contribution in [2.24, 2.45) is 0 Å². The van der Waals surface area contributed by atoms with E-state index in [0.717, 1.165) is 16.5 Å². The number of carbonyl (C=O) groups is 2. The van der Waals surface area contributed by atoms with E-state index in [9.17, 15) is 14.4 Å². The molecular formula is C52H78N2O21. The number of ether oxygens (including phenoxy) is 18. The van der Waals surface area contributed by atoms with Gasteiger partial charge in [-0.15, -0.1) is 0 Å². The van der Waals surface area contributed by atoms with E-state index < -0.39 is 17.7 Å². The van der Waals surface area contributed by atoms with Crippen LogP contribution in [0, 0.1) is 0 Å². The summed E-state index contributed by atoms with van der Waals surface area (Å²) < 4.78 is 99.6. The highest BCUT2D eigenvalue weighted by atomic mass is 16.7. The smallest absolute Gasteiger partial charge is 0.457 e. The molecule has 2 aliphatic rings. The van der Waals surface area contributed by atoms with Crippen molar-refractivity contribution in [1.29, 1.82) is 0 Å². The van der Waals surface area contributed by atoms with E-state index in [-0.39, 0.29) is 49.5 Å². The molecule has 23 heteroatoms. The molecule has 2 aromatic heterocycles. The monoisotopic (exact) mass is 1070 g/mol. The van der Waals surface area contributed by atoms with E-state index in [4.69, 9.17) is 90.2 Å². The number of pyridine rings is 2. The van der Waals surface area contributed by atoms with Crippen molar-refractivity contribution >= 4 is 23.0 Å². The molecule has 0 aliphatic carbocycles. The predicted octanol–water partition coefficient (Wildman–Crippen LogP) is 3.12. The number of hydrogen-bond acceptors (Lipinski definition) is 22. The molecule has 0 bridgehead atoms. The number of benzene rings is 1. The normalized spacial score (nSPS) is 14.8. The molecule has 0 radical (unpaired) electrons. The van der Waals surface area contributed by atoms with Crippen LogP contribution in [0.3, 0.4) is 0 Å². The lowest BCUT2D eigenvalue weighted by atomic mass is 9.85. The molecular weight excluding hydrogens is 989 g/mol. The molecule has 2 aliphatic heterocycles. The van der Waals surface area contributed by atoms with E-state index in [1.807, 2.05) is 30.3 Å². The van der Waals surface area contributed by atoms with Crippen molar-refractivity contribution in [3.8, 4) is 11.4 Å². The average molecular weight is 1070 g/mol. The second kappa shape index (κ2) is 38.3. The number of fused-ring (bicyclic) bond motifs is 5. The summed E-state index contributed by atoms with van der Waals surface area (Å²) in [5, 5.41) is 0.956. The first kappa shape index (κ1) is 61.6. The third-order valence-corrected chi connectivity index (χ3v) is 11.4. The lowest BCUT2D eigenvalue weighted by molar-refractivity contribution is -0.175. The van der Waals surface area contributed by atoms with Gasteiger partial charge in [-0.05, 0) is 24.6 Å². The number of rotatable bonds is 47. The summed E-state index contributed by atoms with van der Waals surface area (Å²) in [6, 6.07) is 11.4. The molecule has 0 spiro atoms. The summed E-state index contributed by atoms with van der Waals surface area (Å²) in [4.78, 5) is 44.7. The molecule has 0 saturated carbocycles. The van der Waals surface area contributed by atoms with Crippen molar-refractivity contribution in [3.63, 3.8) is 0 Å². The third kappa shape index (κ3) is 22.7. The molecule has 0 N–H and O–H groups in total. The van der Waals surface area contributed by atoms with Gasteiger partial charge < -0.3 is 89.8 Å². The van der Waals surface area contributed by atoms with Gasteiger partial charge in [-0.25, -0.2) is 14.6 Å². The molecule has 0 saturated heterocycles. The van der Waals surface area contributed by atoms with Gasteiger partial charge in [0.05, 0.1) is 221 Å². The highest BCUT2D eigenvalue weighted by molar-refractivity contribution is 5.87. The first-order chi connectivity index (χ1) is 37.0. The van der Waals surface area contributed by atoms with Crippen LogP contribution in [-0.2, 0) is 109 Å². The van der Waals surface area contributed by atoms with Crippen LogP contribution in [-0.4, -0.2) is 227 Å². The van der Waals surface area contributed by atoms with Crippen LogP contribution in [0.5, 0.6) is 0 Å². The number of esters is 1. The van der Waals surface area contributed by atoms with Crippen LogP contribution in [0.4, 0.5) is 4.79 Å². The van der Waals surface area contributed by atoms with Crippen molar-refractivity contribution in [1.82, 2.24) is 9.55 Å². The Labute approximate surface area is 438 Å². The van der Waals surface area contributed by atoms with Crippen LogP contribution in [0.1, 0.15) is 30.0 Å². The summed E-state index contributed by atoms with van der Waals surface area (Å²) in [7, 11) is 1.64. The summed E-state index contributed by atoms with van der Waals surface area (Å²) in [5.74, 6) is -0.777. The van der Waals surface area contributed by atoms with Gasteiger partial charge >= 0.3 is 12.1 Å². The zero-order valence-electron chi connectivity index (χ0n) is 43.8. The fourth-order valence-electron chi connectivity index (χ4n) is 7.54. The van der Waals surface area contributed by atoms with E-state index in [0.29, 0.717) is 196 Å². The first-order valence-corrected chi connectivity index (χ1v) is 25.7. The number of aromatic nitrogens is 2. The topological polar surface area (TPSA) is 235 Å². The molecule has 0 fully saturated rings. The Hall–Kier alpha value is -4.28. The molecule has 0 amide bonds. The van der Waals surface area contributed by atoms with Crippen LogP contribution >= 0.6 is 0 Å². The molecule has 422 valence electrons. The second-order valence-corrected chi connectivity index (χ2v) is 16.5. The summed E-state index contributed by atoms with van der Waals surface area (Å²) in [5.41, 5.74) is 1.16. The Morgan fingerprint density at radius 1 is 0.547 bits per heavy atom. The second-order valence-electron chi connectivity index (χ2n) is 16.5. The van der Waals surface area contributed by atoms with Gasteiger partial charge in [0.1, 0.15) is 13.2 Å². The van der Waals surface area contributed by atoms with E-state index in [1.165, 1.54) is 0 Å². The maximum atomic E-state index is 13.7. The average Bonchev–Trinajstić information content (AvgIpc) is 3.81. The quantitative estimate of drug-likeness (QED) is 0.0457. The fraction of sp³-hybridized carbons (Fsp3) is 0.692. The third-order valence-electron chi connectivity index (χ3n) is 11.4. The molecule has 5 rings (SSSR count). The van der Waals surface area contributed by atoms with Crippen molar-refractivity contribution in [3.05, 3.63) is 63.4 Å². The summed E-state index contributed by atoms with van der Waals surface area (Å²) in [6.45, 7) is 14.7. The minimum Gasteiger partial charge on any atom is -0.457 e. The minimum absolute atomic E-state index is 0.0179. The molecule has 23 nitrogen and oxygen atoms in total. The van der Waals surface area contributed by atoms with Crippen LogP contribution in [0.2, 0.25) is 0 Å². The highest BCUT2D eigenvalue weighted by Gasteiger charge is 2.51. The number of hydrogen-bond donors (Lipinski definition) is 0. The minimum atomic E-state index is -1.87. The van der Waals surface area contributed by atoms with Crippen LogP contribution in [0.15, 0.2) is 41.2 Å². The number of methoxy groups -OCH3 is 1. The van der Waals surface area contributed by atoms with E-state index >= 15 is 0 Å². The zero-order valence-corrected chi connectivity index (χ0v) is 43.8. The van der Waals surface area contributed by atoms with E-state index in [1.54, 1.807) is 24.7 Å². The van der Waals surface area contributed by atoms with Gasteiger partial charge in [0.2, 0.25) is 5.60 Å². The SMILES string of the molecule is CC[C@@]1(OC(=O)OCCOCCOCCOCCOCCOCCOCCOCCOCCOCCOCCOCCOCCOCCOCCOC)C(=O)OCc2c1cc1n(c2=O)Cc2cc3ccccc3nc2-1. The number of carbonyl (C=O) groups excluding carboxylic acids is 2. The van der Waals surface area contributed by atoms with Gasteiger partial charge in [-0.3, -0.25) is 4.79 Å². The fourth-order valence-corrected chi connectivity index (χ4v) is 7.54. The Morgan fingerprint density at radius 3 is 1.33 bits per heavy atom. The van der Waals surface area contributed by atoms with Gasteiger partial charge in [-0.1, -0.05) is 25.1 Å². The van der Waals surface area contributed by atoms with Crippen molar-refractivity contribution < 1.29 is 94.9 Å². The standard InChI is InChI=1S/C52H78N2O21/c1-3-52(45-39-47-48-43(38-42-6-4-5-7-46(42)53-48)40-54(47)49(55)44(45)41-74-50(52)56)75-51(57)73-37-36-72-35-34-71-33-32-70-31-30-69-29-28-68-27-26-67-25-24-66-23-22-65-21-20-64-19-18-63-17-16-62-15-14-61-13-12-60-11-10-59-9-8-58-2/h4-7,38-39H,3,8-37,40-41H2,1-2H3/t52-/m0/s1. The molecule has 0 unspecified atom stereocenters. The Morgan fingerprint density at radius 2 is 0.933 bits per heavy atom. The summed E-state index contributed by atoms with van der Waals surface area (Å²) >= 11 is 0. The predicted molar refractivity (Wildman–Crippen MR) is 268 cm³/mol. The molecule has 1 aromatic carbocycles. The van der Waals surface area contributed by atoms with Gasteiger partial charge in [0.15, 0.2) is 0 Å². The number of para-hydroxylation sites is 1. The lowest BCUT2D eigenvalue weighted by Gasteiger charge is -2.35. The first-order valence-electron chi connectivity index (χ1n) is 25.7. The molecule has 4 heterocycles. The zero-order chi connectivity index (χ0) is 52.9. The lowest BCUT2D eigenvalue weighted by Crippen LogP contribution is -2.47. The van der Waals surface area contributed by atoms with Gasteiger partial charge in [0.25, 0.3) is 5.56 Å². The maximum Gasteiger partial charge on any atom is 0.509 e.